The van der Waals surface area contributed by atoms with Crippen LogP contribution < -0.4 is 0 Å². The number of likely N-dealkylation sites (tertiary alicyclic amines) is 1. The fourth-order valence-corrected chi connectivity index (χ4v) is 4.54. The highest BCUT2D eigenvalue weighted by Crippen LogP contribution is 2.41. The molecule has 0 spiro atoms. The lowest BCUT2D eigenvalue weighted by atomic mass is 10.00. The molecule has 0 N–H and O–H groups in total. The molecule has 6 rings (SSSR count). The van der Waals surface area contributed by atoms with E-state index in [-0.39, 0.29) is 5.91 Å². The molecule has 1 saturated heterocycles. The number of imidazole rings is 1. The lowest BCUT2D eigenvalue weighted by molar-refractivity contribution is 0.0696. The Kier molecular flexibility index (Phi) is 4.33. The Bertz CT molecular complexity index is 1220. The van der Waals surface area contributed by atoms with Crippen molar-refractivity contribution in [1.29, 1.82) is 0 Å². The van der Waals surface area contributed by atoms with Crippen LogP contribution in [0, 0.1) is 0 Å². The van der Waals surface area contributed by atoms with Crippen molar-refractivity contribution in [2.75, 3.05) is 13.1 Å². The van der Waals surface area contributed by atoms with E-state index in [1.165, 1.54) is 0 Å². The Morgan fingerprint density at radius 3 is 2.58 bits per heavy atom. The summed E-state index contributed by atoms with van der Waals surface area (Å²) in [6.07, 6.45) is 9.73. The number of rotatable bonds is 4. The van der Waals surface area contributed by atoms with Gasteiger partial charge in [-0.05, 0) is 31.7 Å². The second-order valence-corrected chi connectivity index (χ2v) is 8.48. The first-order chi connectivity index (χ1) is 15.3. The van der Waals surface area contributed by atoms with Gasteiger partial charge in [-0.3, -0.25) is 4.79 Å². The maximum absolute atomic E-state index is 13.7. The standard InChI is InChI=1S/C24H23N5O2/c30-24(28-11-8-18(9-12-28)29-13-10-25-15-29)19-14-20(16-6-7-16)26-23-21(19)22(27-31-23)17-4-2-1-3-5-17/h1-5,10,13-16,18H,6-9,11-12H2. The van der Waals surface area contributed by atoms with E-state index in [1.54, 1.807) is 0 Å². The van der Waals surface area contributed by atoms with Crippen molar-refractivity contribution in [1.82, 2.24) is 24.6 Å². The zero-order chi connectivity index (χ0) is 20.8. The first kappa shape index (κ1) is 18.3. The highest BCUT2D eigenvalue weighted by Gasteiger charge is 2.32. The summed E-state index contributed by atoms with van der Waals surface area (Å²) in [7, 11) is 0. The molecule has 4 heterocycles. The number of amides is 1. The number of hydrogen-bond acceptors (Lipinski definition) is 5. The average Bonchev–Trinajstić information content (AvgIpc) is 3.36. The molecule has 0 radical (unpaired) electrons. The molecule has 1 saturated carbocycles. The number of carbonyl (C=O) groups excluding carboxylic acids is 1. The minimum atomic E-state index is 0.0405. The van der Waals surface area contributed by atoms with Crippen molar-refractivity contribution in [2.24, 2.45) is 0 Å². The normalized spacial score (nSPS) is 17.4. The second kappa shape index (κ2) is 7.34. The van der Waals surface area contributed by atoms with Crippen molar-refractivity contribution >= 4 is 17.0 Å². The summed E-state index contributed by atoms with van der Waals surface area (Å²) >= 11 is 0. The maximum Gasteiger partial charge on any atom is 0.259 e. The Balaban J connectivity index is 1.37. The van der Waals surface area contributed by atoms with Crippen LogP contribution in [0.2, 0.25) is 0 Å². The minimum absolute atomic E-state index is 0.0405. The van der Waals surface area contributed by atoms with Crippen LogP contribution in [0.1, 0.15) is 53.7 Å². The number of piperidine rings is 1. The quantitative estimate of drug-likeness (QED) is 0.494. The number of hydrogen-bond donors (Lipinski definition) is 0. The van der Waals surface area contributed by atoms with E-state index >= 15 is 0 Å². The number of aromatic nitrogens is 4. The summed E-state index contributed by atoms with van der Waals surface area (Å²) in [4.78, 5) is 24.5. The third kappa shape index (κ3) is 3.30. The number of carbonyl (C=O) groups is 1. The Hall–Kier alpha value is -3.48. The van der Waals surface area contributed by atoms with Gasteiger partial charge in [0, 0.05) is 48.7 Å². The maximum atomic E-state index is 13.7. The summed E-state index contributed by atoms with van der Waals surface area (Å²) in [5.41, 5.74) is 3.67. The van der Waals surface area contributed by atoms with Crippen LogP contribution in [-0.4, -0.2) is 43.6 Å². The molecule has 1 aromatic carbocycles. The minimum Gasteiger partial charge on any atom is -0.338 e. The molecule has 0 unspecified atom stereocenters. The van der Waals surface area contributed by atoms with Gasteiger partial charge in [0.2, 0.25) is 0 Å². The lowest BCUT2D eigenvalue weighted by Crippen LogP contribution is -2.39. The summed E-state index contributed by atoms with van der Waals surface area (Å²) in [5, 5.41) is 5.02. The van der Waals surface area contributed by atoms with E-state index in [0.717, 1.165) is 55.4 Å². The molecular formula is C24H23N5O2. The van der Waals surface area contributed by atoms with Gasteiger partial charge < -0.3 is 14.0 Å². The second-order valence-electron chi connectivity index (χ2n) is 8.48. The van der Waals surface area contributed by atoms with Gasteiger partial charge in [-0.2, -0.15) is 0 Å². The van der Waals surface area contributed by atoms with Gasteiger partial charge in [0.25, 0.3) is 11.6 Å². The van der Waals surface area contributed by atoms with Crippen LogP contribution >= 0.6 is 0 Å². The Labute approximate surface area is 179 Å². The van der Waals surface area contributed by atoms with E-state index in [0.29, 0.717) is 28.9 Å². The lowest BCUT2D eigenvalue weighted by Gasteiger charge is -2.32. The molecule has 156 valence electrons. The van der Waals surface area contributed by atoms with Crippen LogP contribution in [0.15, 0.2) is 59.6 Å². The largest absolute Gasteiger partial charge is 0.338 e. The first-order valence-electron chi connectivity index (χ1n) is 10.9. The van der Waals surface area contributed by atoms with E-state index < -0.39 is 0 Å². The van der Waals surface area contributed by atoms with Crippen molar-refractivity contribution < 1.29 is 9.32 Å². The molecular weight excluding hydrogens is 390 g/mol. The molecule has 1 aliphatic carbocycles. The molecule has 0 bridgehead atoms. The highest BCUT2D eigenvalue weighted by molar-refractivity contribution is 6.09. The average molecular weight is 413 g/mol. The van der Waals surface area contributed by atoms with E-state index in [9.17, 15) is 4.79 Å². The van der Waals surface area contributed by atoms with E-state index in [4.69, 9.17) is 9.51 Å². The van der Waals surface area contributed by atoms with Gasteiger partial charge in [-0.15, -0.1) is 0 Å². The summed E-state index contributed by atoms with van der Waals surface area (Å²) in [5.74, 6) is 0.465. The van der Waals surface area contributed by atoms with Crippen molar-refractivity contribution in [3.05, 3.63) is 66.4 Å². The van der Waals surface area contributed by atoms with Crippen LogP contribution in [-0.2, 0) is 0 Å². The van der Waals surface area contributed by atoms with Gasteiger partial charge in [0.1, 0.15) is 5.69 Å². The van der Waals surface area contributed by atoms with Gasteiger partial charge in [-0.25, -0.2) is 9.97 Å². The van der Waals surface area contributed by atoms with Gasteiger partial charge in [0.15, 0.2) is 0 Å². The van der Waals surface area contributed by atoms with Crippen molar-refractivity contribution in [3.63, 3.8) is 0 Å². The fourth-order valence-electron chi connectivity index (χ4n) is 4.54. The Morgan fingerprint density at radius 1 is 1.06 bits per heavy atom. The predicted octanol–water partition coefficient (Wildman–Crippen LogP) is 4.44. The van der Waals surface area contributed by atoms with E-state index in [2.05, 4.69) is 14.7 Å². The topological polar surface area (TPSA) is 77.0 Å². The first-order valence-corrected chi connectivity index (χ1v) is 10.9. The van der Waals surface area contributed by atoms with Crippen LogP contribution in [0.25, 0.3) is 22.4 Å². The molecule has 0 atom stereocenters. The molecule has 7 heteroatoms. The number of fused-ring (bicyclic) bond motifs is 1. The molecule has 7 nitrogen and oxygen atoms in total. The van der Waals surface area contributed by atoms with Crippen LogP contribution in [0.5, 0.6) is 0 Å². The van der Waals surface area contributed by atoms with Crippen LogP contribution in [0.4, 0.5) is 0 Å². The molecule has 1 amide bonds. The smallest absolute Gasteiger partial charge is 0.259 e. The van der Waals surface area contributed by atoms with Crippen molar-refractivity contribution in [3.8, 4) is 11.3 Å². The fraction of sp³-hybridized carbons (Fsp3) is 0.333. The highest BCUT2D eigenvalue weighted by atomic mass is 16.5. The summed E-state index contributed by atoms with van der Waals surface area (Å²) in [6, 6.07) is 12.2. The summed E-state index contributed by atoms with van der Waals surface area (Å²) in [6.45, 7) is 1.44. The molecule has 1 aliphatic heterocycles. The summed E-state index contributed by atoms with van der Waals surface area (Å²) < 4.78 is 7.77. The number of pyridine rings is 1. The molecule has 3 aromatic heterocycles. The number of benzene rings is 1. The monoisotopic (exact) mass is 413 g/mol. The van der Waals surface area contributed by atoms with E-state index in [1.807, 2.05) is 60.0 Å². The van der Waals surface area contributed by atoms with Gasteiger partial charge in [0.05, 0.1) is 17.3 Å². The molecule has 2 fully saturated rings. The van der Waals surface area contributed by atoms with Crippen LogP contribution in [0.3, 0.4) is 0 Å². The molecule has 4 aromatic rings. The zero-order valence-corrected chi connectivity index (χ0v) is 17.1. The van der Waals surface area contributed by atoms with Gasteiger partial charge >= 0.3 is 0 Å². The molecule has 31 heavy (non-hydrogen) atoms. The predicted molar refractivity (Wildman–Crippen MR) is 116 cm³/mol. The Morgan fingerprint density at radius 2 is 1.87 bits per heavy atom. The van der Waals surface area contributed by atoms with Crippen molar-refractivity contribution in [2.45, 2.75) is 37.6 Å². The van der Waals surface area contributed by atoms with Gasteiger partial charge in [-0.1, -0.05) is 35.5 Å². The zero-order valence-electron chi connectivity index (χ0n) is 17.1. The third-order valence-corrected chi connectivity index (χ3v) is 6.44. The third-order valence-electron chi connectivity index (χ3n) is 6.44. The number of nitrogens with zero attached hydrogens (tertiary/aromatic N) is 5. The SMILES string of the molecule is O=C(c1cc(C2CC2)nc2onc(-c3ccccc3)c12)N1CCC(n2ccnc2)CC1. The molecule has 2 aliphatic rings.